The Hall–Kier alpha value is -2.13. The highest BCUT2D eigenvalue weighted by molar-refractivity contribution is 5.83. The van der Waals surface area contributed by atoms with Crippen molar-refractivity contribution in [2.75, 3.05) is 7.11 Å². The summed E-state index contributed by atoms with van der Waals surface area (Å²) in [5.74, 6) is -0.117. The largest absolute Gasteiger partial charge is 0.375 e. The second-order valence-corrected chi connectivity index (χ2v) is 5.81. The van der Waals surface area contributed by atoms with Crippen molar-refractivity contribution >= 4 is 5.91 Å². The van der Waals surface area contributed by atoms with Gasteiger partial charge in [0.2, 0.25) is 5.91 Å². The first-order chi connectivity index (χ1) is 10.7. The average molecular weight is 295 g/mol. The van der Waals surface area contributed by atoms with E-state index < -0.39 is 0 Å². The average Bonchev–Trinajstić information content (AvgIpc) is 2.91. The highest BCUT2D eigenvalue weighted by atomic mass is 16.5. The number of nitrogens with one attached hydrogen (secondary N) is 1. The van der Waals surface area contributed by atoms with E-state index in [0.717, 1.165) is 12.0 Å². The molecule has 0 radical (unpaired) electrons. The van der Waals surface area contributed by atoms with Crippen LogP contribution in [0.15, 0.2) is 54.6 Å². The zero-order chi connectivity index (χ0) is 15.5. The van der Waals surface area contributed by atoms with E-state index in [1.807, 2.05) is 49.4 Å². The molecule has 3 rings (SSSR count). The van der Waals surface area contributed by atoms with Crippen LogP contribution < -0.4 is 5.32 Å². The number of rotatable bonds is 4. The standard InChI is InChI=1S/C19H21NO2/c1-13(14-8-4-3-5-9-14)19(21)20-17-12-15-10-6-7-11-16(15)18(17)22-2/h3-11,13,17-18H,12H2,1-2H3,(H,20,21)/t13-,17?,18?/m0/s1. The summed E-state index contributed by atoms with van der Waals surface area (Å²) in [6.45, 7) is 1.94. The predicted molar refractivity (Wildman–Crippen MR) is 86.7 cm³/mol. The van der Waals surface area contributed by atoms with Gasteiger partial charge in [-0.1, -0.05) is 54.6 Å². The third-order valence-corrected chi connectivity index (χ3v) is 4.44. The van der Waals surface area contributed by atoms with Gasteiger partial charge in [-0.05, 0) is 30.0 Å². The van der Waals surface area contributed by atoms with Gasteiger partial charge in [0.1, 0.15) is 6.10 Å². The van der Waals surface area contributed by atoms with Gasteiger partial charge >= 0.3 is 0 Å². The second-order valence-electron chi connectivity index (χ2n) is 5.81. The molecule has 22 heavy (non-hydrogen) atoms. The van der Waals surface area contributed by atoms with E-state index in [0.29, 0.717) is 0 Å². The lowest BCUT2D eigenvalue weighted by molar-refractivity contribution is -0.123. The smallest absolute Gasteiger partial charge is 0.227 e. The minimum Gasteiger partial charge on any atom is -0.375 e. The van der Waals surface area contributed by atoms with Crippen LogP contribution in [0, 0.1) is 0 Å². The fourth-order valence-electron chi connectivity index (χ4n) is 3.18. The molecule has 0 heterocycles. The van der Waals surface area contributed by atoms with E-state index in [4.69, 9.17) is 4.74 Å². The number of hydrogen-bond donors (Lipinski definition) is 1. The van der Waals surface area contributed by atoms with Crippen LogP contribution in [-0.4, -0.2) is 19.1 Å². The van der Waals surface area contributed by atoms with Gasteiger partial charge in [-0.25, -0.2) is 0 Å². The summed E-state index contributed by atoms with van der Waals surface area (Å²) in [5.41, 5.74) is 3.47. The molecule has 0 bridgehead atoms. The van der Waals surface area contributed by atoms with E-state index >= 15 is 0 Å². The fourth-order valence-corrected chi connectivity index (χ4v) is 3.18. The molecule has 0 saturated heterocycles. The van der Waals surface area contributed by atoms with E-state index in [-0.39, 0.29) is 24.0 Å². The zero-order valence-corrected chi connectivity index (χ0v) is 13.0. The van der Waals surface area contributed by atoms with Crippen molar-refractivity contribution < 1.29 is 9.53 Å². The van der Waals surface area contributed by atoms with Gasteiger partial charge in [-0.3, -0.25) is 4.79 Å². The lowest BCUT2D eigenvalue weighted by Crippen LogP contribution is -2.40. The van der Waals surface area contributed by atoms with Gasteiger partial charge in [0.25, 0.3) is 0 Å². The second kappa shape index (κ2) is 6.32. The summed E-state index contributed by atoms with van der Waals surface area (Å²) >= 11 is 0. The Labute approximate surface area is 131 Å². The van der Waals surface area contributed by atoms with Crippen LogP contribution in [0.3, 0.4) is 0 Å². The van der Waals surface area contributed by atoms with Crippen molar-refractivity contribution in [2.24, 2.45) is 0 Å². The highest BCUT2D eigenvalue weighted by Crippen LogP contribution is 2.34. The van der Waals surface area contributed by atoms with Crippen LogP contribution in [0.25, 0.3) is 0 Å². The molecule has 2 aromatic carbocycles. The Morgan fingerprint density at radius 2 is 1.82 bits per heavy atom. The SMILES string of the molecule is COC1c2ccccc2CC1NC(=O)[C@@H](C)c1ccccc1. The predicted octanol–water partition coefficient (Wildman–Crippen LogP) is 3.22. The molecule has 0 spiro atoms. The van der Waals surface area contributed by atoms with Gasteiger partial charge in [-0.15, -0.1) is 0 Å². The first-order valence-electron chi connectivity index (χ1n) is 7.66. The van der Waals surface area contributed by atoms with Gasteiger partial charge < -0.3 is 10.1 Å². The van der Waals surface area contributed by atoms with Crippen LogP contribution in [0.4, 0.5) is 0 Å². The molecular formula is C19H21NO2. The first kappa shape index (κ1) is 14.8. The van der Waals surface area contributed by atoms with Gasteiger partial charge in [0.05, 0.1) is 12.0 Å². The fraction of sp³-hybridized carbons (Fsp3) is 0.316. The van der Waals surface area contributed by atoms with Gasteiger partial charge in [0.15, 0.2) is 0 Å². The molecule has 114 valence electrons. The number of carbonyl (C=O) groups is 1. The molecule has 3 atom stereocenters. The number of fused-ring (bicyclic) bond motifs is 1. The highest BCUT2D eigenvalue weighted by Gasteiger charge is 2.34. The Bertz CT molecular complexity index is 653. The lowest BCUT2D eigenvalue weighted by Gasteiger charge is -2.22. The van der Waals surface area contributed by atoms with E-state index in [1.54, 1.807) is 7.11 Å². The Morgan fingerprint density at radius 1 is 1.14 bits per heavy atom. The molecule has 1 aliphatic carbocycles. The van der Waals surface area contributed by atoms with Crippen LogP contribution in [0.1, 0.15) is 35.6 Å². The van der Waals surface area contributed by atoms with Gasteiger partial charge in [-0.2, -0.15) is 0 Å². The topological polar surface area (TPSA) is 38.3 Å². The van der Waals surface area contributed by atoms with E-state index in [2.05, 4.69) is 17.4 Å². The Morgan fingerprint density at radius 3 is 2.55 bits per heavy atom. The summed E-state index contributed by atoms with van der Waals surface area (Å²) < 4.78 is 5.62. The minimum atomic E-state index is -0.164. The van der Waals surface area contributed by atoms with Crippen LogP contribution in [-0.2, 0) is 16.0 Å². The summed E-state index contributed by atoms with van der Waals surface area (Å²) in [4.78, 5) is 12.5. The van der Waals surface area contributed by atoms with E-state index in [9.17, 15) is 4.79 Å². The van der Waals surface area contributed by atoms with Crippen molar-refractivity contribution in [3.63, 3.8) is 0 Å². The third kappa shape index (κ3) is 2.77. The molecule has 3 nitrogen and oxygen atoms in total. The minimum absolute atomic E-state index is 0.000984. The summed E-state index contributed by atoms with van der Waals surface area (Å²) in [5, 5.41) is 3.16. The first-order valence-corrected chi connectivity index (χ1v) is 7.66. The third-order valence-electron chi connectivity index (χ3n) is 4.44. The molecule has 1 N–H and O–H groups in total. The Balaban J connectivity index is 1.73. The maximum Gasteiger partial charge on any atom is 0.227 e. The molecule has 0 fully saturated rings. The summed E-state index contributed by atoms with van der Waals surface area (Å²) in [6, 6.07) is 18.1. The number of amides is 1. The summed E-state index contributed by atoms with van der Waals surface area (Å²) in [6.07, 6.45) is 0.755. The summed E-state index contributed by atoms with van der Waals surface area (Å²) in [7, 11) is 1.70. The van der Waals surface area contributed by atoms with E-state index in [1.165, 1.54) is 11.1 Å². The van der Waals surface area contributed by atoms with Crippen molar-refractivity contribution in [3.8, 4) is 0 Å². The van der Waals surface area contributed by atoms with Crippen molar-refractivity contribution in [1.29, 1.82) is 0 Å². The monoisotopic (exact) mass is 295 g/mol. The molecule has 0 saturated carbocycles. The molecular weight excluding hydrogens is 274 g/mol. The van der Waals surface area contributed by atoms with Crippen molar-refractivity contribution in [1.82, 2.24) is 5.32 Å². The van der Waals surface area contributed by atoms with Crippen LogP contribution in [0.5, 0.6) is 0 Å². The van der Waals surface area contributed by atoms with Crippen molar-refractivity contribution in [2.45, 2.75) is 31.4 Å². The molecule has 0 aromatic heterocycles. The number of hydrogen-bond acceptors (Lipinski definition) is 2. The lowest BCUT2D eigenvalue weighted by atomic mass is 9.99. The molecule has 1 aliphatic rings. The number of methoxy groups -OCH3 is 1. The van der Waals surface area contributed by atoms with Gasteiger partial charge in [0, 0.05) is 7.11 Å². The van der Waals surface area contributed by atoms with Crippen LogP contribution in [0.2, 0.25) is 0 Å². The molecule has 1 amide bonds. The number of benzene rings is 2. The van der Waals surface area contributed by atoms with Crippen molar-refractivity contribution in [3.05, 3.63) is 71.3 Å². The molecule has 0 aliphatic heterocycles. The molecule has 2 unspecified atom stereocenters. The normalized spacial score (nSPS) is 21.2. The Kier molecular flexibility index (Phi) is 4.25. The van der Waals surface area contributed by atoms with Crippen LogP contribution >= 0.6 is 0 Å². The maximum absolute atomic E-state index is 12.5. The quantitative estimate of drug-likeness (QED) is 0.940. The maximum atomic E-state index is 12.5. The molecule has 3 heteroatoms. The zero-order valence-electron chi connectivity index (χ0n) is 13.0. The number of carbonyl (C=O) groups excluding carboxylic acids is 1. The number of ether oxygens (including phenoxy) is 1. The molecule has 2 aromatic rings.